The van der Waals surface area contributed by atoms with E-state index in [9.17, 15) is 9.59 Å². The molecule has 0 fully saturated rings. The number of esters is 1. The minimum Gasteiger partial charge on any atom is -0.485 e. The molecular weight excluding hydrogens is 378 g/mol. The van der Waals surface area contributed by atoms with Gasteiger partial charge in [0.25, 0.3) is 5.91 Å². The molecule has 0 spiro atoms. The van der Waals surface area contributed by atoms with E-state index in [1.807, 2.05) is 30.3 Å². The fraction of sp³-hybridized carbons (Fsp3) is 0.333. The van der Waals surface area contributed by atoms with Gasteiger partial charge in [0.05, 0.1) is 5.69 Å². The lowest BCUT2D eigenvalue weighted by atomic mass is 10.2. The molecule has 2 aliphatic rings. The van der Waals surface area contributed by atoms with E-state index in [4.69, 9.17) is 14.2 Å². The number of fused-ring (bicyclic) bond motifs is 2. The van der Waals surface area contributed by atoms with Gasteiger partial charge in [0.15, 0.2) is 18.1 Å². The van der Waals surface area contributed by atoms with Crippen LogP contribution in [-0.4, -0.2) is 43.0 Å². The highest BCUT2D eigenvalue weighted by atomic mass is 32.2. The summed E-state index contributed by atoms with van der Waals surface area (Å²) in [5.74, 6) is 0.242. The zero-order chi connectivity index (χ0) is 19.5. The fourth-order valence-corrected chi connectivity index (χ4v) is 4.30. The Labute approximate surface area is 167 Å². The number of rotatable bonds is 3. The van der Waals surface area contributed by atoms with Crippen molar-refractivity contribution in [2.24, 2.45) is 0 Å². The summed E-state index contributed by atoms with van der Waals surface area (Å²) in [6.45, 7) is 2.48. The normalized spacial score (nSPS) is 20.7. The zero-order valence-corrected chi connectivity index (χ0v) is 16.3. The summed E-state index contributed by atoms with van der Waals surface area (Å²) in [5.41, 5.74) is 0.865. The molecule has 2 heterocycles. The maximum atomic E-state index is 12.8. The molecule has 2 aromatic rings. The van der Waals surface area contributed by atoms with Crippen LogP contribution in [0.1, 0.15) is 13.3 Å². The van der Waals surface area contributed by atoms with Crippen LogP contribution >= 0.6 is 11.8 Å². The number of anilines is 1. The molecule has 0 aromatic heterocycles. The standard InChI is InChI=1S/C21H21NO5S/c1-14-10-11-22(15-6-2-5-9-19(15)28-14)20(23)13-26-21(24)18-12-25-16-7-3-4-8-17(16)27-18/h2-9,14,18H,10-13H2,1H3. The highest BCUT2D eigenvalue weighted by Gasteiger charge is 2.30. The lowest BCUT2D eigenvalue weighted by Gasteiger charge is -2.26. The van der Waals surface area contributed by atoms with E-state index >= 15 is 0 Å². The van der Waals surface area contributed by atoms with E-state index in [2.05, 4.69) is 6.92 Å². The second-order valence-electron chi connectivity index (χ2n) is 6.70. The van der Waals surface area contributed by atoms with Crippen molar-refractivity contribution >= 4 is 29.3 Å². The minimum atomic E-state index is -0.880. The molecule has 0 saturated heterocycles. The molecular formula is C21H21NO5S. The quantitative estimate of drug-likeness (QED) is 0.738. The van der Waals surface area contributed by atoms with Crippen LogP contribution in [0.25, 0.3) is 0 Å². The summed E-state index contributed by atoms with van der Waals surface area (Å²) < 4.78 is 16.4. The highest BCUT2D eigenvalue weighted by molar-refractivity contribution is 8.00. The predicted octanol–water partition coefficient (Wildman–Crippen LogP) is 3.29. The summed E-state index contributed by atoms with van der Waals surface area (Å²) >= 11 is 1.76. The lowest BCUT2D eigenvalue weighted by Crippen LogP contribution is -2.41. The monoisotopic (exact) mass is 399 g/mol. The molecule has 0 saturated carbocycles. The van der Waals surface area contributed by atoms with E-state index in [-0.39, 0.29) is 19.1 Å². The molecule has 28 heavy (non-hydrogen) atoms. The summed E-state index contributed by atoms with van der Waals surface area (Å²) in [7, 11) is 0. The van der Waals surface area contributed by atoms with Crippen molar-refractivity contribution in [1.29, 1.82) is 0 Å². The van der Waals surface area contributed by atoms with Gasteiger partial charge in [-0.2, -0.15) is 0 Å². The number of carbonyl (C=O) groups excluding carboxylic acids is 2. The Bertz CT molecular complexity index is 887. The Hall–Kier alpha value is -2.67. The molecule has 0 aliphatic carbocycles. The van der Waals surface area contributed by atoms with Gasteiger partial charge in [-0.25, -0.2) is 4.79 Å². The van der Waals surface area contributed by atoms with E-state index in [0.717, 1.165) is 17.0 Å². The highest BCUT2D eigenvalue weighted by Crippen LogP contribution is 2.37. The molecule has 6 nitrogen and oxygen atoms in total. The summed E-state index contributed by atoms with van der Waals surface area (Å²) in [6.07, 6.45) is -0.00948. The molecule has 4 rings (SSSR count). The van der Waals surface area contributed by atoms with Crippen LogP contribution in [0.5, 0.6) is 11.5 Å². The molecule has 1 amide bonds. The second kappa shape index (κ2) is 8.14. The smallest absolute Gasteiger partial charge is 0.351 e. The Morgan fingerprint density at radius 3 is 2.75 bits per heavy atom. The number of amides is 1. The van der Waals surface area contributed by atoms with Gasteiger partial charge in [0, 0.05) is 16.7 Å². The molecule has 146 valence electrons. The van der Waals surface area contributed by atoms with Gasteiger partial charge in [-0.3, -0.25) is 4.79 Å². The third-order valence-corrected chi connectivity index (χ3v) is 5.89. The third kappa shape index (κ3) is 3.94. The molecule has 2 unspecified atom stereocenters. The summed E-state index contributed by atoms with van der Waals surface area (Å²) in [4.78, 5) is 27.9. The second-order valence-corrected chi connectivity index (χ2v) is 8.18. The first-order chi connectivity index (χ1) is 13.6. The molecule has 0 N–H and O–H groups in total. The predicted molar refractivity (Wildman–Crippen MR) is 106 cm³/mol. The molecule has 2 aliphatic heterocycles. The largest absolute Gasteiger partial charge is 0.485 e. The number of nitrogens with zero attached hydrogens (tertiary/aromatic N) is 1. The number of hydrogen-bond donors (Lipinski definition) is 0. The Balaban J connectivity index is 1.39. The first kappa shape index (κ1) is 18.7. The number of thioether (sulfide) groups is 1. The van der Waals surface area contributed by atoms with Crippen molar-refractivity contribution in [2.45, 2.75) is 29.6 Å². The summed E-state index contributed by atoms with van der Waals surface area (Å²) in [6, 6.07) is 14.9. The maximum absolute atomic E-state index is 12.8. The fourth-order valence-electron chi connectivity index (χ4n) is 3.19. The van der Waals surface area contributed by atoms with Crippen molar-refractivity contribution in [1.82, 2.24) is 0 Å². The topological polar surface area (TPSA) is 65.1 Å². The van der Waals surface area contributed by atoms with Gasteiger partial charge < -0.3 is 19.1 Å². The van der Waals surface area contributed by atoms with Gasteiger partial charge in [-0.05, 0) is 30.7 Å². The lowest BCUT2D eigenvalue weighted by molar-refractivity contribution is -0.157. The molecule has 2 atom stereocenters. The van der Waals surface area contributed by atoms with Crippen molar-refractivity contribution in [3.05, 3.63) is 48.5 Å². The maximum Gasteiger partial charge on any atom is 0.351 e. The Morgan fingerprint density at radius 2 is 1.89 bits per heavy atom. The average Bonchev–Trinajstić information content (AvgIpc) is 2.89. The number of benzene rings is 2. The Morgan fingerprint density at radius 1 is 1.14 bits per heavy atom. The number of hydrogen-bond acceptors (Lipinski definition) is 6. The minimum absolute atomic E-state index is 0.0603. The number of para-hydroxylation sites is 3. The van der Waals surface area contributed by atoms with E-state index in [1.165, 1.54) is 0 Å². The van der Waals surface area contributed by atoms with Crippen molar-refractivity contribution in [3.8, 4) is 11.5 Å². The summed E-state index contributed by atoms with van der Waals surface area (Å²) in [5, 5.41) is 0.411. The van der Waals surface area contributed by atoms with Crippen LogP contribution in [0.2, 0.25) is 0 Å². The molecule has 7 heteroatoms. The van der Waals surface area contributed by atoms with Crippen LogP contribution in [0.3, 0.4) is 0 Å². The van der Waals surface area contributed by atoms with E-state index in [1.54, 1.807) is 34.9 Å². The average molecular weight is 399 g/mol. The van der Waals surface area contributed by atoms with Crippen LogP contribution in [0, 0.1) is 0 Å². The van der Waals surface area contributed by atoms with Crippen molar-refractivity contribution < 1.29 is 23.8 Å². The first-order valence-electron chi connectivity index (χ1n) is 9.23. The molecule has 0 radical (unpaired) electrons. The van der Waals surface area contributed by atoms with Gasteiger partial charge in [-0.1, -0.05) is 31.2 Å². The third-order valence-electron chi connectivity index (χ3n) is 4.65. The van der Waals surface area contributed by atoms with Gasteiger partial charge in [-0.15, -0.1) is 11.8 Å². The first-order valence-corrected chi connectivity index (χ1v) is 10.1. The van der Waals surface area contributed by atoms with Crippen LogP contribution in [-0.2, 0) is 14.3 Å². The molecule has 0 bridgehead atoms. The van der Waals surface area contributed by atoms with Crippen LogP contribution in [0.15, 0.2) is 53.4 Å². The van der Waals surface area contributed by atoms with Crippen molar-refractivity contribution in [2.75, 3.05) is 24.7 Å². The number of carbonyl (C=O) groups is 2. The van der Waals surface area contributed by atoms with Gasteiger partial charge >= 0.3 is 5.97 Å². The van der Waals surface area contributed by atoms with Gasteiger partial charge in [0.2, 0.25) is 6.10 Å². The molecule has 2 aromatic carbocycles. The Kier molecular flexibility index (Phi) is 5.43. The zero-order valence-electron chi connectivity index (χ0n) is 15.5. The van der Waals surface area contributed by atoms with Crippen LogP contribution < -0.4 is 14.4 Å². The van der Waals surface area contributed by atoms with Crippen LogP contribution in [0.4, 0.5) is 5.69 Å². The van der Waals surface area contributed by atoms with E-state index < -0.39 is 12.1 Å². The number of ether oxygens (including phenoxy) is 3. The van der Waals surface area contributed by atoms with Crippen molar-refractivity contribution in [3.63, 3.8) is 0 Å². The van der Waals surface area contributed by atoms with Gasteiger partial charge in [0.1, 0.15) is 6.61 Å². The SMILES string of the molecule is CC1CCN(C(=O)COC(=O)C2COc3ccccc3O2)c2ccccc2S1. The van der Waals surface area contributed by atoms with E-state index in [0.29, 0.717) is 23.3 Å².